The van der Waals surface area contributed by atoms with E-state index in [-0.39, 0.29) is 27.7 Å². The highest BCUT2D eigenvalue weighted by Crippen LogP contribution is 2.37. The summed E-state index contributed by atoms with van der Waals surface area (Å²) in [4.78, 5) is 20.6. The minimum Gasteiger partial charge on any atom is -0.364 e. The maximum atomic E-state index is 13.3. The van der Waals surface area contributed by atoms with E-state index in [4.69, 9.17) is 11.6 Å². The molecule has 0 atom stereocenters. The van der Waals surface area contributed by atoms with E-state index >= 15 is 0 Å². The average Bonchev–Trinajstić information content (AvgIpc) is 2.60. The van der Waals surface area contributed by atoms with Gasteiger partial charge in [-0.2, -0.15) is 18.2 Å². The van der Waals surface area contributed by atoms with Crippen LogP contribution in [0.5, 0.6) is 0 Å². The lowest BCUT2D eigenvalue weighted by Gasteiger charge is -2.39. The molecule has 2 aromatic heterocycles. The molecule has 1 aromatic carbocycles. The van der Waals surface area contributed by atoms with Gasteiger partial charge in [0.1, 0.15) is 11.5 Å². The van der Waals surface area contributed by atoms with Crippen LogP contribution in [0.25, 0.3) is 16.7 Å². The van der Waals surface area contributed by atoms with E-state index in [2.05, 4.69) is 15.3 Å². The predicted octanol–water partition coefficient (Wildman–Crippen LogP) is 4.81. The van der Waals surface area contributed by atoms with Crippen LogP contribution in [-0.2, 0) is 6.18 Å². The van der Waals surface area contributed by atoms with Crippen LogP contribution in [0.4, 0.5) is 19.0 Å². The Hall–Kier alpha value is -2.61. The molecule has 0 bridgehead atoms. The fourth-order valence-corrected chi connectivity index (χ4v) is 3.54. The summed E-state index contributed by atoms with van der Waals surface area (Å²) >= 11 is 6.19. The molecule has 1 fully saturated rings. The Balaban J connectivity index is 2.02. The van der Waals surface area contributed by atoms with Gasteiger partial charge >= 0.3 is 11.9 Å². The Morgan fingerprint density at radius 2 is 1.86 bits per heavy atom. The van der Waals surface area contributed by atoms with E-state index in [1.807, 2.05) is 6.92 Å². The SMILES string of the molecule is CC1(Nc2nc(=O)n(-c3ccccc3Cl)c3nc(C(F)(F)F)ccc23)CCC1. The molecule has 2 heterocycles. The van der Waals surface area contributed by atoms with Crippen molar-refractivity contribution in [3.05, 3.63) is 57.6 Å². The number of hydrogen-bond acceptors (Lipinski definition) is 4. The van der Waals surface area contributed by atoms with Gasteiger partial charge in [-0.25, -0.2) is 14.3 Å². The second-order valence-corrected chi connectivity index (χ2v) is 7.54. The molecule has 0 spiro atoms. The number of nitrogens with zero attached hydrogens (tertiary/aromatic N) is 3. The van der Waals surface area contributed by atoms with Gasteiger partial charge in [0.05, 0.1) is 16.1 Å². The van der Waals surface area contributed by atoms with Gasteiger partial charge in [0.2, 0.25) is 0 Å². The standard InChI is InChI=1S/C19H16ClF3N4O/c1-18(9-4-10-18)26-15-11-7-8-14(19(21,22)23)24-16(11)27(17(28)25-15)13-6-3-2-5-12(13)20/h2-3,5-8H,4,9-10H2,1H3,(H,25,26,28). The highest BCUT2D eigenvalue weighted by molar-refractivity contribution is 6.32. The summed E-state index contributed by atoms with van der Waals surface area (Å²) < 4.78 is 40.8. The van der Waals surface area contributed by atoms with Crippen molar-refractivity contribution in [1.82, 2.24) is 14.5 Å². The van der Waals surface area contributed by atoms with Gasteiger partial charge in [0, 0.05) is 5.54 Å². The van der Waals surface area contributed by atoms with Crippen molar-refractivity contribution in [3.8, 4) is 5.69 Å². The lowest BCUT2D eigenvalue weighted by molar-refractivity contribution is -0.141. The van der Waals surface area contributed by atoms with Crippen LogP contribution in [0.3, 0.4) is 0 Å². The first-order chi connectivity index (χ1) is 13.2. The van der Waals surface area contributed by atoms with E-state index in [1.54, 1.807) is 18.2 Å². The van der Waals surface area contributed by atoms with Gasteiger partial charge in [-0.1, -0.05) is 23.7 Å². The van der Waals surface area contributed by atoms with Crippen LogP contribution in [0.15, 0.2) is 41.2 Å². The zero-order valence-corrected chi connectivity index (χ0v) is 15.6. The molecular weight excluding hydrogens is 393 g/mol. The van der Waals surface area contributed by atoms with Gasteiger partial charge in [-0.05, 0) is 50.5 Å². The molecule has 0 unspecified atom stereocenters. The van der Waals surface area contributed by atoms with Crippen molar-refractivity contribution in [2.75, 3.05) is 5.32 Å². The summed E-state index contributed by atoms with van der Waals surface area (Å²) in [5, 5.41) is 3.74. The Morgan fingerprint density at radius 3 is 2.46 bits per heavy atom. The lowest BCUT2D eigenvalue weighted by Crippen LogP contribution is -2.42. The van der Waals surface area contributed by atoms with Crippen LogP contribution >= 0.6 is 11.6 Å². The molecule has 9 heteroatoms. The monoisotopic (exact) mass is 408 g/mol. The molecule has 0 aliphatic heterocycles. The number of hydrogen-bond donors (Lipinski definition) is 1. The molecule has 1 saturated carbocycles. The van der Waals surface area contributed by atoms with Gasteiger partial charge < -0.3 is 5.32 Å². The first-order valence-corrected chi connectivity index (χ1v) is 9.10. The largest absolute Gasteiger partial charge is 0.433 e. The number of para-hydroxylation sites is 1. The molecular formula is C19H16ClF3N4O. The van der Waals surface area contributed by atoms with Crippen molar-refractivity contribution in [3.63, 3.8) is 0 Å². The van der Waals surface area contributed by atoms with Gasteiger partial charge in [-0.3, -0.25) is 0 Å². The zero-order valence-electron chi connectivity index (χ0n) is 14.8. The van der Waals surface area contributed by atoms with Crippen molar-refractivity contribution in [2.24, 2.45) is 0 Å². The molecule has 0 amide bonds. The Kier molecular flexibility index (Phi) is 4.33. The number of halogens is 4. The lowest BCUT2D eigenvalue weighted by atomic mass is 9.78. The third-order valence-corrected chi connectivity index (χ3v) is 5.32. The third kappa shape index (κ3) is 3.22. The number of aromatic nitrogens is 3. The summed E-state index contributed by atoms with van der Waals surface area (Å²) in [5.41, 5.74) is -2.01. The second-order valence-electron chi connectivity index (χ2n) is 7.13. The van der Waals surface area contributed by atoms with Crippen LogP contribution < -0.4 is 11.0 Å². The first kappa shape index (κ1) is 18.7. The van der Waals surface area contributed by atoms with E-state index in [1.165, 1.54) is 12.1 Å². The van der Waals surface area contributed by atoms with Crippen molar-refractivity contribution in [1.29, 1.82) is 0 Å². The molecule has 0 saturated heterocycles. The number of fused-ring (bicyclic) bond motifs is 1. The summed E-state index contributed by atoms with van der Waals surface area (Å²) in [6.07, 6.45) is -1.84. The number of anilines is 1. The van der Waals surface area contributed by atoms with Gasteiger partial charge in [-0.15, -0.1) is 0 Å². The molecule has 1 N–H and O–H groups in total. The maximum Gasteiger partial charge on any atom is 0.433 e. The smallest absolute Gasteiger partial charge is 0.364 e. The van der Waals surface area contributed by atoms with E-state index < -0.39 is 17.6 Å². The molecule has 146 valence electrons. The molecule has 28 heavy (non-hydrogen) atoms. The quantitative estimate of drug-likeness (QED) is 0.675. The van der Waals surface area contributed by atoms with E-state index in [0.717, 1.165) is 29.9 Å². The summed E-state index contributed by atoms with van der Waals surface area (Å²) in [7, 11) is 0. The van der Waals surface area contributed by atoms with Crippen LogP contribution in [-0.4, -0.2) is 20.1 Å². The Bertz CT molecular complexity index is 1120. The fourth-order valence-electron chi connectivity index (χ4n) is 3.32. The predicted molar refractivity (Wildman–Crippen MR) is 101 cm³/mol. The van der Waals surface area contributed by atoms with Gasteiger partial charge in [0.25, 0.3) is 0 Å². The Labute approximate surface area is 163 Å². The minimum atomic E-state index is -4.65. The second kappa shape index (κ2) is 6.48. The Morgan fingerprint density at radius 1 is 1.14 bits per heavy atom. The van der Waals surface area contributed by atoms with E-state index in [0.29, 0.717) is 5.39 Å². The maximum absolute atomic E-state index is 13.3. The number of rotatable bonds is 3. The third-order valence-electron chi connectivity index (χ3n) is 5.00. The molecule has 0 radical (unpaired) electrons. The topological polar surface area (TPSA) is 59.8 Å². The van der Waals surface area contributed by atoms with Crippen LogP contribution in [0.1, 0.15) is 31.9 Å². The van der Waals surface area contributed by atoms with E-state index in [9.17, 15) is 18.0 Å². The number of benzene rings is 1. The highest BCUT2D eigenvalue weighted by Gasteiger charge is 2.35. The molecule has 3 aromatic rings. The number of pyridine rings is 1. The summed E-state index contributed by atoms with van der Waals surface area (Å²) in [6, 6.07) is 8.55. The van der Waals surface area contributed by atoms with Crippen molar-refractivity contribution in [2.45, 2.75) is 37.9 Å². The highest BCUT2D eigenvalue weighted by atomic mass is 35.5. The number of alkyl halides is 3. The normalized spacial score (nSPS) is 16.0. The fraction of sp³-hybridized carbons (Fsp3) is 0.316. The minimum absolute atomic E-state index is 0.145. The van der Waals surface area contributed by atoms with Crippen molar-refractivity contribution < 1.29 is 13.2 Å². The first-order valence-electron chi connectivity index (χ1n) is 8.72. The van der Waals surface area contributed by atoms with Gasteiger partial charge in [0.15, 0.2) is 5.65 Å². The molecule has 1 aliphatic rings. The number of nitrogens with one attached hydrogen (secondary N) is 1. The van der Waals surface area contributed by atoms with Crippen LogP contribution in [0, 0.1) is 0 Å². The summed E-state index contributed by atoms with van der Waals surface area (Å²) in [5.74, 6) is 0.228. The summed E-state index contributed by atoms with van der Waals surface area (Å²) in [6.45, 7) is 1.99. The zero-order chi connectivity index (χ0) is 20.1. The van der Waals surface area contributed by atoms with Crippen LogP contribution in [0.2, 0.25) is 5.02 Å². The molecule has 5 nitrogen and oxygen atoms in total. The average molecular weight is 409 g/mol. The molecule has 1 aliphatic carbocycles. The van der Waals surface area contributed by atoms with Crippen molar-refractivity contribution >= 4 is 28.5 Å². The molecule has 4 rings (SSSR count).